The molecule has 0 spiro atoms. The fourth-order valence-electron chi connectivity index (χ4n) is 3.06. The van der Waals surface area contributed by atoms with Gasteiger partial charge in [0.05, 0.1) is 6.26 Å². The summed E-state index contributed by atoms with van der Waals surface area (Å²) in [6, 6.07) is 10.5. The van der Waals surface area contributed by atoms with Gasteiger partial charge < -0.3 is 19.5 Å². The number of hydrogen-bond acceptors (Lipinski definition) is 4. The second-order valence-corrected chi connectivity index (χ2v) is 6.42. The largest absolute Gasteiger partial charge is 0.459 e. The van der Waals surface area contributed by atoms with Gasteiger partial charge in [-0.05, 0) is 55.7 Å². The summed E-state index contributed by atoms with van der Waals surface area (Å²) >= 11 is 0. The number of likely N-dealkylation sites (tertiary alicyclic amines) is 1. The van der Waals surface area contributed by atoms with Gasteiger partial charge in [-0.15, -0.1) is 0 Å². The smallest absolute Gasteiger partial charge is 0.290 e. The first-order valence-corrected chi connectivity index (χ1v) is 8.49. The number of carbonyl (C=O) groups is 2. The van der Waals surface area contributed by atoms with E-state index in [1.54, 1.807) is 17.0 Å². The Morgan fingerprint density at radius 2 is 1.92 bits per heavy atom. The maximum Gasteiger partial charge on any atom is 0.290 e. The van der Waals surface area contributed by atoms with Gasteiger partial charge in [0, 0.05) is 32.0 Å². The summed E-state index contributed by atoms with van der Waals surface area (Å²) in [7, 11) is 3.93. The maximum absolute atomic E-state index is 12.7. The van der Waals surface area contributed by atoms with Crippen molar-refractivity contribution in [3.8, 4) is 0 Å². The van der Waals surface area contributed by atoms with Crippen molar-refractivity contribution in [2.75, 3.05) is 30.9 Å². The van der Waals surface area contributed by atoms with Crippen LogP contribution in [0.25, 0.3) is 0 Å². The zero-order chi connectivity index (χ0) is 17.8. The van der Waals surface area contributed by atoms with Crippen LogP contribution in [-0.2, 0) is 4.79 Å². The summed E-state index contributed by atoms with van der Waals surface area (Å²) in [5, 5.41) is 2.93. The topological polar surface area (TPSA) is 65.8 Å². The molecule has 1 saturated heterocycles. The molecular weight excluding hydrogens is 318 g/mol. The Bertz CT molecular complexity index is 723. The van der Waals surface area contributed by atoms with Gasteiger partial charge in [0.1, 0.15) is 6.04 Å². The Morgan fingerprint density at radius 3 is 2.56 bits per heavy atom. The lowest BCUT2D eigenvalue weighted by Gasteiger charge is -2.34. The highest BCUT2D eigenvalue weighted by molar-refractivity contribution is 6.00. The third kappa shape index (κ3) is 3.84. The van der Waals surface area contributed by atoms with Crippen molar-refractivity contribution >= 4 is 23.2 Å². The molecule has 1 aromatic carbocycles. The summed E-state index contributed by atoms with van der Waals surface area (Å²) in [5.74, 6) is -0.111. The molecule has 0 aliphatic carbocycles. The predicted octanol–water partition coefficient (Wildman–Crippen LogP) is 2.98. The van der Waals surface area contributed by atoms with Crippen molar-refractivity contribution in [3.05, 3.63) is 48.4 Å². The molecule has 2 aromatic rings. The van der Waals surface area contributed by atoms with Crippen LogP contribution in [0.5, 0.6) is 0 Å². The highest BCUT2D eigenvalue weighted by atomic mass is 16.3. The number of benzene rings is 1. The van der Waals surface area contributed by atoms with Crippen LogP contribution in [0.1, 0.15) is 29.8 Å². The SMILES string of the molecule is CN(C)c1ccc(NC(=O)[C@H]2CCCCN2C(=O)c2ccco2)cc1. The normalized spacial score (nSPS) is 17.2. The summed E-state index contributed by atoms with van der Waals surface area (Å²) in [6.07, 6.45) is 3.96. The Hall–Kier alpha value is -2.76. The zero-order valence-electron chi connectivity index (χ0n) is 14.6. The molecule has 1 aliphatic heterocycles. The van der Waals surface area contributed by atoms with Gasteiger partial charge in [-0.1, -0.05) is 0 Å². The van der Waals surface area contributed by atoms with Crippen LogP contribution < -0.4 is 10.2 Å². The Balaban J connectivity index is 1.71. The molecule has 6 nitrogen and oxygen atoms in total. The fraction of sp³-hybridized carbons (Fsp3) is 0.368. The van der Waals surface area contributed by atoms with Gasteiger partial charge in [-0.3, -0.25) is 9.59 Å². The Morgan fingerprint density at radius 1 is 1.16 bits per heavy atom. The maximum atomic E-state index is 12.7. The molecule has 0 saturated carbocycles. The van der Waals surface area contributed by atoms with Gasteiger partial charge >= 0.3 is 0 Å². The summed E-state index contributed by atoms with van der Waals surface area (Å²) in [5.41, 5.74) is 1.79. The second-order valence-electron chi connectivity index (χ2n) is 6.42. The van der Waals surface area contributed by atoms with Crippen LogP contribution in [-0.4, -0.2) is 43.4 Å². The minimum absolute atomic E-state index is 0.155. The van der Waals surface area contributed by atoms with E-state index in [1.807, 2.05) is 43.3 Å². The van der Waals surface area contributed by atoms with Crippen molar-refractivity contribution in [2.45, 2.75) is 25.3 Å². The van der Waals surface area contributed by atoms with E-state index in [4.69, 9.17) is 4.42 Å². The van der Waals surface area contributed by atoms with E-state index in [2.05, 4.69) is 5.32 Å². The summed E-state index contributed by atoms with van der Waals surface area (Å²) in [4.78, 5) is 28.9. The van der Waals surface area contributed by atoms with Crippen LogP contribution in [0, 0.1) is 0 Å². The molecule has 1 fully saturated rings. The van der Waals surface area contributed by atoms with E-state index in [1.165, 1.54) is 6.26 Å². The molecule has 2 amide bonds. The quantitative estimate of drug-likeness (QED) is 0.928. The molecule has 1 aliphatic rings. The zero-order valence-corrected chi connectivity index (χ0v) is 14.6. The molecule has 1 aromatic heterocycles. The number of rotatable bonds is 4. The van der Waals surface area contributed by atoms with Crippen LogP contribution >= 0.6 is 0 Å². The van der Waals surface area contributed by atoms with Gasteiger partial charge in [0.15, 0.2) is 5.76 Å². The van der Waals surface area contributed by atoms with Gasteiger partial charge in [-0.2, -0.15) is 0 Å². The first-order chi connectivity index (χ1) is 12.1. The molecule has 6 heteroatoms. The third-order valence-corrected chi connectivity index (χ3v) is 4.45. The predicted molar refractivity (Wildman–Crippen MR) is 96.8 cm³/mol. The number of nitrogens with zero attached hydrogens (tertiary/aromatic N) is 2. The van der Waals surface area contributed by atoms with Gasteiger partial charge in [-0.25, -0.2) is 0 Å². The average molecular weight is 341 g/mol. The molecule has 2 heterocycles. The summed E-state index contributed by atoms with van der Waals surface area (Å²) in [6.45, 7) is 0.567. The molecule has 0 bridgehead atoms. The molecule has 25 heavy (non-hydrogen) atoms. The first kappa shape index (κ1) is 17.1. The van der Waals surface area contributed by atoms with Gasteiger partial charge in [0.2, 0.25) is 5.91 Å². The average Bonchev–Trinajstić information content (AvgIpc) is 3.16. The van der Waals surface area contributed by atoms with Crippen molar-refractivity contribution < 1.29 is 14.0 Å². The van der Waals surface area contributed by atoms with Crippen LogP contribution in [0.3, 0.4) is 0 Å². The lowest BCUT2D eigenvalue weighted by atomic mass is 10.0. The number of furan rings is 1. The van der Waals surface area contributed by atoms with E-state index in [0.717, 1.165) is 24.2 Å². The Labute approximate surface area is 147 Å². The van der Waals surface area contributed by atoms with E-state index < -0.39 is 6.04 Å². The van der Waals surface area contributed by atoms with E-state index in [0.29, 0.717) is 13.0 Å². The molecule has 1 atom stereocenters. The molecule has 3 rings (SSSR count). The number of hydrogen-bond donors (Lipinski definition) is 1. The number of piperidine rings is 1. The van der Waals surface area contributed by atoms with Crippen molar-refractivity contribution in [1.29, 1.82) is 0 Å². The highest BCUT2D eigenvalue weighted by Gasteiger charge is 2.33. The Kier molecular flexibility index (Phi) is 5.07. The third-order valence-electron chi connectivity index (χ3n) is 4.45. The van der Waals surface area contributed by atoms with Crippen molar-refractivity contribution in [3.63, 3.8) is 0 Å². The molecule has 1 N–H and O–H groups in total. The van der Waals surface area contributed by atoms with Crippen LogP contribution in [0.15, 0.2) is 47.1 Å². The van der Waals surface area contributed by atoms with Crippen molar-refractivity contribution in [2.24, 2.45) is 0 Å². The van der Waals surface area contributed by atoms with Crippen molar-refractivity contribution in [1.82, 2.24) is 4.90 Å². The standard InChI is InChI=1S/C19H23N3O3/c1-21(2)15-10-8-14(9-11-15)20-18(23)16-6-3-4-12-22(16)19(24)17-7-5-13-25-17/h5,7-11,13,16H,3-4,6,12H2,1-2H3,(H,20,23)/t16-/m1/s1. The van der Waals surface area contributed by atoms with E-state index in [-0.39, 0.29) is 17.6 Å². The second kappa shape index (κ2) is 7.42. The lowest BCUT2D eigenvalue weighted by molar-refractivity contribution is -0.121. The van der Waals surface area contributed by atoms with E-state index >= 15 is 0 Å². The minimum Gasteiger partial charge on any atom is -0.459 e. The first-order valence-electron chi connectivity index (χ1n) is 8.49. The fourth-order valence-corrected chi connectivity index (χ4v) is 3.06. The molecular formula is C19H23N3O3. The molecule has 0 radical (unpaired) electrons. The van der Waals surface area contributed by atoms with Crippen LogP contribution in [0.2, 0.25) is 0 Å². The van der Waals surface area contributed by atoms with E-state index in [9.17, 15) is 9.59 Å². The molecule has 0 unspecified atom stereocenters. The number of anilines is 2. The summed E-state index contributed by atoms with van der Waals surface area (Å²) < 4.78 is 5.20. The number of amides is 2. The number of nitrogens with one attached hydrogen (secondary N) is 1. The van der Waals surface area contributed by atoms with Gasteiger partial charge in [0.25, 0.3) is 5.91 Å². The molecule has 132 valence electrons. The lowest BCUT2D eigenvalue weighted by Crippen LogP contribution is -2.49. The highest BCUT2D eigenvalue weighted by Crippen LogP contribution is 2.22. The monoisotopic (exact) mass is 341 g/mol. The van der Waals surface area contributed by atoms with Crippen LogP contribution in [0.4, 0.5) is 11.4 Å². The number of carbonyl (C=O) groups excluding carboxylic acids is 2. The minimum atomic E-state index is -0.472.